The molecule has 1 aliphatic heterocycles. The molecule has 0 fully saturated rings. The Labute approximate surface area is 127 Å². The molecule has 1 heterocycles. The van der Waals surface area contributed by atoms with Gasteiger partial charge in [0.25, 0.3) is 0 Å². The SMILES string of the molecule is Cc1cc(S(=O)(=O)N2Cc3ccccc3C2)ccc1Br. The summed E-state index contributed by atoms with van der Waals surface area (Å²) in [4.78, 5) is 0.353. The van der Waals surface area contributed by atoms with Crippen molar-refractivity contribution in [3.05, 3.63) is 63.6 Å². The molecule has 0 aromatic heterocycles. The lowest BCUT2D eigenvalue weighted by Crippen LogP contribution is -2.25. The van der Waals surface area contributed by atoms with Gasteiger partial charge in [-0.05, 0) is 41.8 Å². The number of sulfonamides is 1. The standard InChI is InChI=1S/C15H14BrNO2S/c1-11-8-14(6-7-15(11)16)20(18,19)17-9-12-4-2-3-5-13(12)10-17/h2-8H,9-10H2,1H3. The molecule has 0 spiro atoms. The van der Waals surface area contributed by atoms with Gasteiger partial charge in [-0.1, -0.05) is 40.2 Å². The van der Waals surface area contributed by atoms with Crippen molar-refractivity contribution in [2.75, 3.05) is 0 Å². The van der Waals surface area contributed by atoms with Crippen LogP contribution in [-0.2, 0) is 23.1 Å². The van der Waals surface area contributed by atoms with Crippen LogP contribution >= 0.6 is 15.9 Å². The predicted molar refractivity (Wildman–Crippen MR) is 81.8 cm³/mol. The number of aryl methyl sites for hydroxylation is 1. The molecule has 3 rings (SSSR count). The van der Waals surface area contributed by atoms with E-state index in [1.165, 1.54) is 4.31 Å². The second-order valence-electron chi connectivity index (χ2n) is 4.95. The molecule has 0 radical (unpaired) electrons. The fraction of sp³-hybridized carbons (Fsp3) is 0.200. The maximum Gasteiger partial charge on any atom is 0.243 e. The maximum absolute atomic E-state index is 12.7. The van der Waals surface area contributed by atoms with Gasteiger partial charge in [-0.15, -0.1) is 0 Å². The van der Waals surface area contributed by atoms with Crippen molar-refractivity contribution >= 4 is 26.0 Å². The smallest absolute Gasteiger partial charge is 0.207 e. The van der Waals surface area contributed by atoms with Crippen LogP contribution in [0.2, 0.25) is 0 Å². The van der Waals surface area contributed by atoms with Crippen LogP contribution in [0.5, 0.6) is 0 Å². The molecule has 0 saturated carbocycles. The molecular weight excluding hydrogens is 338 g/mol. The fourth-order valence-corrected chi connectivity index (χ4v) is 4.13. The summed E-state index contributed by atoms with van der Waals surface area (Å²) in [5, 5.41) is 0. The zero-order chi connectivity index (χ0) is 14.3. The van der Waals surface area contributed by atoms with Crippen molar-refractivity contribution in [1.29, 1.82) is 0 Å². The van der Waals surface area contributed by atoms with E-state index in [0.717, 1.165) is 21.2 Å². The monoisotopic (exact) mass is 351 g/mol. The molecule has 0 bridgehead atoms. The van der Waals surface area contributed by atoms with E-state index < -0.39 is 10.0 Å². The Kier molecular flexibility index (Phi) is 3.44. The van der Waals surface area contributed by atoms with Crippen LogP contribution in [0.15, 0.2) is 51.8 Å². The first kappa shape index (κ1) is 13.8. The lowest BCUT2D eigenvalue weighted by Gasteiger charge is -2.16. The van der Waals surface area contributed by atoms with E-state index in [-0.39, 0.29) is 0 Å². The lowest BCUT2D eigenvalue weighted by molar-refractivity contribution is 0.431. The molecule has 20 heavy (non-hydrogen) atoms. The molecule has 0 atom stereocenters. The van der Waals surface area contributed by atoms with Gasteiger partial charge < -0.3 is 0 Å². The molecule has 0 unspecified atom stereocenters. The van der Waals surface area contributed by atoms with Gasteiger partial charge in [0.15, 0.2) is 0 Å². The molecule has 0 aliphatic carbocycles. The molecule has 5 heteroatoms. The Balaban J connectivity index is 1.96. The van der Waals surface area contributed by atoms with Crippen molar-refractivity contribution < 1.29 is 8.42 Å². The summed E-state index contributed by atoms with van der Waals surface area (Å²) in [6, 6.07) is 13.0. The van der Waals surface area contributed by atoms with Crippen LogP contribution in [-0.4, -0.2) is 12.7 Å². The number of hydrogen-bond donors (Lipinski definition) is 0. The molecule has 104 valence electrons. The summed E-state index contributed by atoms with van der Waals surface area (Å²) in [6.07, 6.45) is 0. The molecule has 0 saturated heterocycles. The number of fused-ring (bicyclic) bond motifs is 1. The van der Waals surface area contributed by atoms with Crippen LogP contribution in [0.3, 0.4) is 0 Å². The second-order valence-corrected chi connectivity index (χ2v) is 7.75. The van der Waals surface area contributed by atoms with E-state index in [2.05, 4.69) is 15.9 Å². The minimum absolute atomic E-state index is 0.353. The topological polar surface area (TPSA) is 37.4 Å². The van der Waals surface area contributed by atoms with Gasteiger partial charge in [0, 0.05) is 17.6 Å². The molecule has 0 N–H and O–H groups in total. The molecular formula is C15H14BrNO2S. The Bertz CT molecular complexity index is 746. The van der Waals surface area contributed by atoms with Crippen LogP contribution < -0.4 is 0 Å². The number of hydrogen-bond acceptors (Lipinski definition) is 2. The van der Waals surface area contributed by atoms with E-state index >= 15 is 0 Å². The Morgan fingerprint density at radius 1 is 1.05 bits per heavy atom. The molecule has 2 aromatic rings. The summed E-state index contributed by atoms with van der Waals surface area (Å²) in [5.41, 5.74) is 3.10. The number of halogens is 1. The Hall–Kier alpha value is -1.17. The van der Waals surface area contributed by atoms with Gasteiger partial charge in [0.05, 0.1) is 4.90 Å². The first-order valence-corrected chi connectivity index (χ1v) is 8.55. The average molecular weight is 352 g/mol. The summed E-state index contributed by atoms with van der Waals surface area (Å²) in [7, 11) is -3.43. The predicted octanol–water partition coefficient (Wildman–Crippen LogP) is 3.46. The Morgan fingerprint density at radius 3 is 2.20 bits per heavy atom. The molecule has 2 aromatic carbocycles. The number of nitrogens with zero attached hydrogens (tertiary/aromatic N) is 1. The Morgan fingerprint density at radius 2 is 1.65 bits per heavy atom. The van der Waals surface area contributed by atoms with E-state index in [4.69, 9.17) is 0 Å². The van der Waals surface area contributed by atoms with Gasteiger partial charge in [-0.2, -0.15) is 4.31 Å². The normalized spacial score (nSPS) is 15.3. The van der Waals surface area contributed by atoms with Gasteiger partial charge >= 0.3 is 0 Å². The molecule has 1 aliphatic rings. The zero-order valence-electron chi connectivity index (χ0n) is 11.0. The summed E-state index contributed by atoms with van der Waals surface area (Å²) < 4.78 is 27.8. The van der Waals surface area contributed by atoms with E-state index in [9.17, 15) is 8.42 Å². The maximum atomic E-state index is 12.7. The summed E-state index contributed by atoms with van der Waals surface area (Å²) >= 11 is 3.39. The minimum Gasteiger partial charge on any atom is -0.207 e. The quantitative estimate of drug-likeness (QED) is 0.830. The van der Waals surface area contributed by atoms with Crippen LogP contribution in [0, 0.1) is 6.92 Å². The highest BCUT2D eigenvalue weighted by atomic mass is 79.9. The number of rotatable bonds is 2. The number of benzene rings is 2. The van der Waals surface area contributed by atoms with Gasteiger partial charge in [0.2, 0.25) is 10.0 Å². The highest BCUT2D eigenvalue weighted by molar-refractivity contribution is 9.10. The van der Waals surface area contributed by atoms with Crippen molar-refractivity contribution in [2.45, 2.75) is 24.9 Å². The first-order valence-electron chi connectivity index (χ1n) is 6.31. The highest BCUT2D eigenvalue weighted by Gasteiger charge is 2.30. The fourth-order valence-electron chi connectivity index (χ4n) is 2.40. The third kappa shape index (κ3) is 2.30. The van der Waals surface area contributed by atoms with E-state index in [1.807, 2.05) is 31.2 Å². The van der Waals surface area contributed by atoms with Gasteiger partial charge in [0.1, 0.15) is 0 Å². The summed E-state index contributed by atoms with van der Waals surface area (Å²) in [5.74, 6) is 0. The molecule has 3 nitrogen and oxygen atoms in total. The second kappa shape index (κ2) is 4.98. The first-order chi connectivity index (χ1) is 9.48. The van der Waals surface area contributed by atoms with Crippen LogP contribution in [0.4, 0.5) is 0 Å². The van der Waals surface area contributed by atoms with E-state index in [0.29, 0.717) is 18.0 Å². The van der Waals surface area contributed by atoms with Gasteiger partial charge in [-0.3, -0.25) is 0 Å². The minimum atomic E-state index is -3.43. The lowest BCUT2D eigenvalue weighted by atomic mass is 10.1. The van der Waals surface area contributed by atoms with Gasteiger partial charge in [-0.25, -0.2) is 8.42 Å². The molecule has 0 amide bonds. The van der Waals surface area contributed by atoms with Crippen molar-refractivity contribution in [2.24, 2.45) is 0 Å². The van der Waals surface area contributed by atoms with Crippen molar-refractivity contribution in [1.82, 2.24) is 4.31 Å². The average Bonchev–Trinajstić information content (AvgIpc) is 2.86. The largest absolute Gasteiger partial charge is 0.243 e. The van der Waals surface area contributed by atoms with Crippen molar-refractivity contribution in [3.63, 3.8) is 0 Å². The third-order valence-electron chi connectivity index (χ3n) is 3.58. The van der Waals surface area contributed by atoms with Crippen LogP contribution in [0.25, 0.3) is 0 Å². The third-order valence-corrected chi connectivity index (χ3v) is 6.26. The van der Waals surface area contributed by atoms with Crippen LogP contribution in [0.1, 0.15) is 16.7 Å². The zero-order valence-corrected chi connectivity index (χ0v) is 13.4. The summed E-state index contributed by atoms with van der Waals surface area (Å²) in [6.45, 7) is 2.79. The van der Waals surface area contributed by atoms with E-state index in [1.54, 1.807) is 18.2 Å². The van der Waals surface area contributed by atoms with Crippen molar-refractivity contribution in [3.8, 4) is 0 Å². The highest BCUT2D eigenvalue weighted by Crippen LogP contribution is 2.29.